The highest BCUT2D eigenvalue weighted by Crippen LogP contribution is 2.30. The fourth-order valence-electron chi connectivity index (χ4n) is 5.08. The van der Waals surface area contributed by atoms with Gasteiger partial charge in [0.1, 0.15) is 11.6 Å². The number of rotatable bonds is 6. The molecule has 0 spiro atoms. The molecule has 204 valence electrons. The van der Waals surface area contributed by atoms with Gasteiger partial charge >= 0.3 is 6.09 Å². The van der Waals surface area contributed by atoms with Crippen molar-refractivity contribution in [3.8, 4) is 0 Å². The number of carbonyl (C=O) groups excluding carboxylic acids is 3. The summed E-state index contributed by atoms with van der Waals surface area (Å²) in [6, 6.07) is 5.37. The quantitative estimate of drug-likeness (QED) is 0.478. The van der Waals surface area contributed by atoms with E-state index in [4.69, 9.17) is 16.3 Å². The third-order valence-corrected chi connectivity index (χ3v) is 7.32. The number of nitrogens with one attached hydrogen (secondary N) is 3. The summed E-state index contributed by atoms with van der Waals surface area (Å²) in [7, 11) is 0. The normalized spacial score (nSPS) is 22.5. The Kier molecular flexibility index (Phi) is 8.82. The third-order valence-electron chi connectivity index (χ3n) is 7.02. The van der Waals surface area contributed by atoms with Gasteiger partial charge in [0.25, 0.3) is 0 Å². The Labute approximate surface area is 224 Å². The molecule has 1 atom stereocenters. The smallest absolute Gasteiger partial charge is 0.422 e. The van der Waals surface area contributed by atoms with E-state index in [1.807, 2.05) is 44.0 Å². The van der Waals surface area contributed by atoms with Crippen LogP contribution in [-0.2, 0) is 14.3 Å². The van der Waals surface area contributed by atoms with E-state index in [2.05, 4.69) is 25.9 Å². The van der Waals surface area contributed by atoms with Gasteiger partial charge in [0.05, 0.1) is 10.7 Å². The lowest BCUT2D eigenvalue weighted by atomic mass is 9.97. The van der Waals surface area contributed by atoms with Gasteiger partial charge in [-0.25, -0.2) is 9.80 Å². The highest BCUT2D eigenvalue weighted by molar-refractivity contribution is 6.33. The Morgan fingerprint density at radius 1 is 1.08 bits per heavy atom. The number of halogens is 1. The minimum Gasteiger partial charge on any atom is -0.443 e. The van der Waals surface area contributed by atoms with Crippen molar-refractivity contribution in [1.29, 1.82) is 0 Å². The number of piperazine rings is 1. The minimum absolute atomic E-state index is 0.226. The highest BCUT2D eigenvalue weighted by atomic mass is 35.5. The Morgan fingerprint density at radius 2 is 1.78 bits per heavy atom. The molecule has 3 aliphatic rings. The molecule has 11 heteroatoms. The average Bonchev–Trinajstić information content (AvgIpc) is 2.82. The first-order valence-electron chi connectivity index (χ1n) is 13.2. The van der Waals surface area contributed by atoms with Crippen LogP contribution in [0.1, 0.15) is 46.5 Å². The fraction of sp³-hybridized carbons (Fsp3) is 0.654. The molecule has 10 nitrogen and oxygen atoms in total. The third kappa shape index (κ3) is 7.96. The molecule has 1 aromatic carbocycles. The van der Waals surface area contributed by atoms with Crippen molar-refractivity contribution in [2.75, 3.05) is 56.0 Å². The first-order chi connectivity index (χ1) is 17.6. The second kappa shape index (κ2) is 11.9. The zero-order chi connectivity index (χ0) is 26.6. The highest BCUT2D eigenvalue weighted by Gasteiger charge is 2.28. The molecule has 0 bridgehead atoms. The Balaban J connectivity index is 1.19. The summed E-state index contributed by atoms with van der Waals surface area (Å²) in [5.41, 5.74) is 4.13. The van der Waals surface area contributed by atoms with E-state index in [1.54, 1.807) is 0 Å². The lowest BCUT2D eigenvalue weighted by molar-refractivity contribution is -0.133. The Hall–Kier alpha value is -2.56. The number of anilines is 2. The number of nitrogens with zero attached hydrogens (tertiary/aromatic N) is 3. The van der Waals surface area contributed by atoms with Crippen LogP contribution in [0.3, 0.4) is 0 Å². The van der Waals surface area contributed by atoms with Crippen LogP contribution in [-0.4, -0.2) is 85.3 Å². The van der Waals surface area contributed by atoms with E-state index in [0.717, 1.165) is 70.0 Å². The van der Waals surface area contributed by atoms with Crippen LogP contribution >= 0.6 is 11.6 Å². The van der Waals surface area contributed by atoms with E-state index < -0.39 is 11.6 Å². The van der Waals surface area contributed by atoms with Crippen LogP contribution in [0.5, 0.6) is 0 Å². The number of carbonyl (C=O) groups is 3. The largest absolute Gasteiger partial charge is 0.443 e. The van der Waals surface area contributed by atoms with E-state index in [0.29, 0.717) is 23.8 Å². The molecule has 3 fully saturated rings. The number of amides is 3. The molecule has 3 saturated heterocycles. The molecular formula is C26H39ClN6O4. The fourth-order valence-corrected chi connectivity index (χ4v) is 5.38. The van der Waals surface area contributed by atoms with Crippen LogP contribution < -0.4 is 21.0 Å². The standard InChI is InChI=1S/C26H39ClN6O4/c1-26(2,3)37-25(36)30-33-10-8-18(9-11-33)17-31-12-14-32(15-13-31)22-6-4-19(16-20(22)27)28-21-5-7-23(34)29-24(21)35/h4,6,16,18,21,28H,5,7-15,17H2,1-3H3,(H,30,36)(H,29,34,35). The number of piperidine rings is 2. The minimum atomic E-state index is -0.497. The molecule has 3 heterocycles. The summed E-state index contributed by atoms with van der Waals surface area (Å²) >= 11 is 6.62. The van der Waals surface area contributed by atoms with Gasteiger partial charge in [-0.3, -0.25) is 25.2 Å². The molecule has 3 amide bonds. The van der Waals surface area contributed by atoms with Gasteiger partial charge in [-0.15, -0.1) is 0 Å². The van der Waals surface area contributed by atoms with Crippen molar-refractivity contribution >= 4 is 40.9 Å². The van der Waals surface area contributed by atoms with Gasteiger partial charge in [0.15, 0.2) is 0 Å². The number of benzene rings is 1. The zero-order valence-electron chi connectivity index (χ0n) is 22.0. The molecule has 3 N–H and O–H groups in total. The monoisotopic (exact) mass is 534 g/mol. The van der Waals surface area contributed by atoms with Crippen LogP contribution in [0, 0.1) is 5.92 Å². The first kappa shape index (κ1) is 27.5. The number of hydrogen-bond acceptors (Lipinski definition) is 8. The van der Waals surface area contributed by atoms with Gasteiger partial charge in [-0.2, -0.15) is 0 Å². The maximum absolute atomic E-state index is 12.0. The second-order valence-electron chi connectivity index (χ2n) is 11.1. The Morgan fingerprint density at radius 3 is 2.41 bits per heavy atom. The predicted octanol–water partition coefficient (Wildman–Crippen LogP) is 2.83. The van der Waals surface area contributed by atoms with Gasteiger partial charge < -0.3 is 15.0 Å². The number of hydrogen-bond donors (Lipinski definition) is 3. The second-order valence-corrected chi connectivity index (χ2v) is 11.6. The van der Waals surface area contributed by atoms with Crippen LogP contribution in [0.25, 0.3) is 0 Å². The lowest BCUT2D eigenvalue weighted by Gasteiger charge is -2.39. The van der Waals surface area contributed by atoms with Crippen molar-refractivity contribution in [2.45, 2.75) is 58.1 Å². The SMILES string of the molecule is CC(C)(C)OC(=O)NN1CCC(CN2CCN(c3ccc(NC4CCC(=O)NC4=O)cc3Cl)CC2)CC1. The van der Waals surface area contributed by atoms with E-state index in [-0.39, 0.29) is 17.9 Å². The summed E-state index contributed by atoms with van der Waals surface area (Å²) in [5.74, 6) is 0.0956. The topological polar surface area (TPSA) is 106 Å². The van der Waals surface area contributed by atoms with Crippen molar-refractivity contribution in [1.82, 2.24) is 20.7 Å². The molecule has 3 aliphatic heterocycles. The van der Waals surface area contributed by atoms with Crippen molar-refractivity contribution in [3.63, 3.8) is 0 Å². The molecule has 4 rings (SSSR count). The molecule has 0 aromatic heterocycles. The summed E-state index contributed by atoms with van der Waals surface area (Å²) in [5, 5.41) is 8.17. The molecule has 0 radical (unpaired) electrons. The van der Waals surface area contributed by atoms with Crippen molar-refractivity contribution in [3.05, 3.63) is 23.2 Å². The number of ether oxygens (including phenoxy) is 1. The number of imide groups is 1. The van der Waals surface area contributed by atoms with E-state index in [9.17, 15) is 14.4 Å². The average molecular weight is 535 g/mol. The molecule has 1 aromatic rings. The molecule has 0 saturated carbocycles. The molecule has 1 unspecified atom stereocenters. The van der Waals surface area contributed by atoms with Crippen molar-refractivity contribution in [2.24, 2.45) is 5.92 Å². The zero-order valence-corrected chi connectivity index (χ0v) is 22.8. The first-order valence-corrected chi connectivity index (χ1v) is 13.6. The molecular weight excluding hydrogens is 496 g/mol. The number of hydrazine groups is 1. The van der Waals surface area contributed by atoms with Crippen LogP contribution in [0.15, 0.2) is 18.2 Å². The summed E-state index contributed by atoms with van der Waals surface area (Å²) in [4.78, 5) is 40.2. The van der Waals surface area contributed by atoms with Crippen LogP contribution in [0.4, 0.5) is 16.2 Å². The molecule has 37 heavy (non-hydrogen) atoms. The van der Waals surface area contributed by atoms with E-state index in [1.165, 1.54) is 0 Å². The predicted molar refractivity (Wildman–Crippen MR) is 144 cm³/mol. The van der Waals surface area contributed by atoms with Gasteiger partial charge in [-0.05, 0) is 64.2 Å². The maximum atomic E-state index is 12.0. The Bertz CT molecular complexity index is 984. The van der Waals surface area contributed by atoms with Gasteiger partial charge in [0.2, 0.25) is 11.8 Å². The lowest BCUT2D eigenvalue weighted by Crippen LogP contribution is -2.51. The van der Waals surface area contributed by atoms with E-state index >= 15 is 0 Å². The maximum Gasteiger partial charge on any atom is 0.422 e. The van der Waals surface area contributed by atoms with Crippen LogP contribution in [0.2, 0.25) is 5.02 Å². The summed E-state index contributed by atoms with van der Waals surface area (Å²) < 4.78 is 5.35. The summed E-state index contributed by atoms with van der Waals surface area (Å²) in [6.45, 7) is 12.1. The molecule has 0 aliphatic carbocycles. The van der Waals surface area contributed by atoms with Gasteiger partial charge in [0, 0.05) is 57.9 Å². The van der Waals surface area contributed by atoms with Gasteiger partial charge in [-0.1, -0.05) is 11.6 Å². The summed E-state index contributed by atoms with van der Waals surface area (Å²) in [6.07, 6.45) is 2.51. The van der Waals surface area contributed by atoms with Crippen molar-refractivity contribution < 1.29 is 19.1 Å².